The van der Waals surface area contributed by atoms with Crippen LogP contribution in [-0.2, 0) is 35.2 Å². The number of carboxylic acids is 2. The summed E-state index contributed by atoms with van der Waals surface area (Å²) in [5, 5.41) is 47.8. The van der Waals surface area contributed by atoms with E-state index in [1.54, 1.807) is 30.3 Å². The van der Waals surface area contributed by atoms with Crippen molar-refractivity contribution in [2.75, 3.05) is 73.6 Å². The zero-order valence-corrected chi connectivity index (χ0v) is 76.5. The molecular formula is C99H109BCl6IN3O13P. The van der Waals surface area contributed by atoms with Crippen molar-refractivity contribution in [3.63, 3.8) is 0 Å². The lowest BCUT2D eigenvalue weighted by Gasteiger charge is -2.21. The SMILES string of the molecule is C.C.CCOP(=O)(Cc1ccccc1C)OCC.CN1C[C@@H]2c3ccccc3Oc3ccc(Cl)cc3[C@H]2C1.CN1C[C@@H]2c3ccccc3Oc3ccc(Cl)cc3[C@H]2C1.CN1C[C@H](c2cc(Cl)ccc2O)[C@@H](c2ccccc2I)C1.Cc1ccccc1/C=C/c1cc(Cl)ccc1O.Cc1ccccc1CCl.O=C(O)/C=C\C(=O)O.O=Cc1cc(Cl)ccc1O.[2HH].[B]. The fourth-order valence-electron chi connectivity index (χ4n) is 14.9. The Hall–Kier alpha value is -8.93. The minimum absolute atomic E-state index is 0. The molecule has 0 aromatic heterocycles. The van der Waals surface area contributed by atoms with Gasteiger partial charge in [-0.2, -0.15) is 0 Å². The van der Waals surface area contributed by atoms with Gasteiger partial charge < -0.3 is 58.8 Å². The first-order valence-electron chi connectivity index (χ1n) is 39.2. The number of alkyl halides is 1. The average Bonchev–Trinajstić information content (AvgIpc) is 1.62. The molecule has 3 radical (unpaired) electrons. The Bertz CT molecular complexity index is 5320. The quantitative estimate of drug-likeness (QED) is 0.0130. The Morgan fingerprint density at radius 2 is 0.766 bits per heavy atom. The van der Waals surface area contributed by atoms with Crippen LogP contribution in [0.5, 0.6) is 40.2 Å². The van der Waals surface area contributed by atoms with Crippen LogP contribution in [0.1, 0.15) is 148 Å². The minimum atomic E-state index is -2.97. The van der Waals surface area contributed by atoms with E-state index in [4.69, 9.17) is 103 Å². The maximum atomic E-state index is 12.3. The second-order valence-electron chi connectivity index (χ2n) is 29.5. The van der Waals surface area contributed by atoms with Gasteiger partial charge in [0.05, 0.1) is 24.9 Å². The summed E-state index contributed by atoms with van der Waals surface area (Å²) < 4.78 is 36.4. The molecule has 16 rings (SSSR count). The van der Waals surface area contributed by atoms with Gasteiger partial charge in [0, 0.05) is 154 Å². The van der Waals surface area contributed by atoms with E-state index in [-0.39, 0.29) is 47.7 Å². The fourth-order valence-corrected chi connectivity index (χ4v) is 18.7. The number of hydrogen-bond acceptors (Lipinski definition) is 14. The van der Waals surface area contributed by atoms with Crippen LogP contribution in [0, 0.1) is 24.3 Å². The molecule has 0 aliphatic carbocycles. The number of benzene rings is 11. The molecule has 25 heteroatoms. The molecule has 655 valence electrons. The van der Waals surface area contributed by atoms with E-state index in [0.29, 0.717) is 94.1 Å². The van der Waals surface area contributed by atoms with Crippen molar-refractivity contribution in [2.24, 2.45) is 0 Å². The van der Waals surface area contributed by atoms with Gasteiger partial charge in [0.1, 0.15) is 40.2 Å². The normalized spacial score (nSPS) is 16.7. The van der Waals surface area contributed by atoms with Crippen molar-refractivity contribution in [2.45, 2.75) is 97.0 Å². The van der Waals surface area contributed by atoms with Gasteiger partial charge in [-0.3, -0.25) is 9.36 Å². The van der Waals surface area contributed by atoms with Crippen LogP contribution >= 0.6 is 99.8 Å². The summed E-state index contributed by atoms with van der Waals surface area (Å²) in [5.74, 6) is 5.03. The molecule has 0 spiro atoms. The molecule has 124 heavy (non-hydrogen) atoms. The summed E-state index contributed by atoms with van der Waals surface area (Å²) in [4.78, 5) is 36.4. The second kappa shape index (κ2) is 51.0. The molecule has 3 fully saturated rings. The summed E-state index contributed by atoms with van der Waals surface area (Å²) in [7, 11) is 3.53. The molecule has 5 aliphatic heterocycles. The summed E-state index contributed by atoms with van der Waals surface area (Å²) in [5.41, 5.74) is 15.3. The van der Waals surface area contributed by atoms with Crippen LogP contribution in [-0.4, -0.2) is 140 Å². The molecule has 0 bridgehead atoms. The Morgan fingerprint density at radius 3 is 1.18 bits per heavy atom. The van der Waals surface area contributed by atoms with E-state index in [1.807, 2.05) is 136 Å². The zero-order chi connectivity index (χ0) is 87.5. The smallest absolute Gasteiger partial charge is 0.335 e. The van der Waals surface area contributed by atoms with Gasteiger partial charge >= 0.3 is 19.5 Å². The predicted octanol–water partition coefficient (Wildman–Crippen LogP) is 26.7. The minimum Gasteiger partial charge on any atom is -0.508 e. The molecule has 5 aliphatic rings. The molecule has 6 atom stereocenters. The van der Waals surface area contributed by atoms with Crippen molar-refractivity contribution < 1.29 is 64.4 Å². The van der Waals surface area contributed by atoms with E-state index < -0.39 is 19.5 Å². The van der Waals surface area contributed by atoms with Crippen LogP contribution in [0.25, 0.3) is 12.2 Å². The number of phenolic OH excluding ortho intramolecular Hbond substituents is 3. The standard InChI is InChI=1S/C17H17ClINO.2C17H16ClNO.C15H13ClO.C12H19O3P.C8H9Cl.C7H5ClO2.C4H4O4.2CH4.B.H2/c1-20-9-14(12-4-2-3-5-16(12)19)15(10-20)13-8-11(18)6-7-17(13)21;2*1-19-9-14-12-4-2-3-5-16(12)20-17-7-6-11(18)8-13(17)15(14)10-19;1-11-4-2-3-5-12(11)6-7-13-10-14(16)8-9-15(13)17;1-4-14-16(13,15-5-2)10-12-9-7-6-8-11(12)3;1-7-4-2-3-5-8(7)6-9;8-6-1-2-7(10)5(3-6)4-9;5-3(6)1-2-4(7)8;;;;/h2-8,14-15,21H,9-10H2,1H3;2*2-8,14-15H,9-10H2,1H3;2-10,17H,1H3;6-9H,4-5,10H2,1-3H3;2-5H,6H2,1H3;1-4,10H;1-2H,(H,5,6)(H,7,8);2*1H4;;1H/b;;;7-6+;;;;2-1-;;;;/t3*14-,15-;;;;;;;;;/m111........./s1/i;;;;;;;;;;;1+1. The number of carbonyl (C=O) groups excluding carboxylic acids is 1. The van der Waals surface area contributed by atoms with Crippen molar-refractivity contribution in [1.82, 2.24) is 14.7 Å². The molecular weight excluding hydrogens is 1820 g/mol. The highest BCUT2D eigenvalue weighted by molar-refractivity contribution is 14.1. The Balaban J connectivity index is 0.000000257. The highest BCUT2D eigenvalue weighted by Gasteiger charge is 2.41. The number of likely N-dealkylation sites (N-methyl/N-ethyl adjacent to an activating group) is 3. The Morgan fingerprint density at radius 1 is 0.435 bits per heavy atom. The molecule has 0 saturated carbocycles. The second-order valence-corrected chi connectivity index (χ2v) is 35.2. The Kier molecular flexibility index (Phi) is 42.7. The largest absolute Gasteiger partial charge is 0.508 e. The average molecular weight is 1930 g/mol. The number of halogens is 7. The van der Waals surface area contributed by atoms with Gasteiger partial charge in [0.25, 0.3) is 0 Å². The van der Waals surface area contributed by atoms with Crippen molar-refractivity contribution in [3.8, 4) is 40.2 Å². The number of aldehydes is 1. The van der Waals surface area contributed by atoms with Crippen LogP contribution < -0.4 is 9.47 Å². The summed E-state index contributed by atoms with van der Waals surface area (Å²) in [6.07, 6.45) is 5.86. The van der Waals surface area contributed by atoms with E-state index in [9.17, 15) is 29.2 Å². The molecule has 16 nitrogen and oxygen atoms in total. The van der Waals surface area contributed by atoms with Gasteiger partial charge in [-0.15, -0.1) is 11.6 Å². The van der Waals surface area contributed by atoms with Gasteiger partial charge in [0.15, 0.2) is 6.29 Å². The monoisotopic (exact) mass is 1930 g/mol. The lowest BCUT2D eigenvalue weighted by atomic mass is 9.84. The van der Waals surface area contributed by atoms with E-state index >= 15 is 0 Å². The third-order valence-electron chi connectivity index (χ3n) is 20.8. The molecule has 5 heterocycles. The maximum Gasteiger partial charge on any atom is 0.335 e. The molecule has 5 N–H and O–H groups in total. The number of phenols is 3. The number of ether oxygens (including phenoxy) is 2. The first-order valence-corrected chi connectivity index (χ1v) is 44.5. The highest BCUT2D eigenvalue weighted by Crippen LogP contribution is 2.54. The third kappa shape index (κ3) is 30.1. The summed E-state index contributed by atoms with van der Waals surface area (Å²) in [6, 6.07) is 75.9. The topological polar surface area (TPSA) is 216 Å². The van der Waals surface area contributed by atoms with Gasteiger partial charge in [-0.05, 0) is 238 Å². The van der Waals surface area contributed by atoms with Crippen molar-refractivity contribution in [3.05, 3.63) is 355 Å². The molecule has 0 amide bonds. The number of likely N-dealkylation sites (tertiary alicyclic amines) is 3. The molecule has 3 saturated heterocycles. The van der Waals surface area contributed by atoms with Crippen molar-refractivity contribution in [1.29, 1.82) is 0 Å². The molecule has 11 aromatic carbocycles. The number of fused-ring (bicyclic) bond motifs is 10. The van der Waals surface area contributed by atoms with Crippen LogP contribution in [0.3, 0.4) is 0 Å². The first kappa shape index (κ1) is 104. The third-order valence-corrected chi connectivity index (χ3v) is 25.3. The number of para-hydroxylation sites is 2. The number of carboxylic acid groups (broad SMARTS) is 2. The maximum absolute atomic E-state index is 12.3. The first-order chi connectivity index (χ1) is 58.0. The lowest BCUT2D eigenvalue weighted by molar-refractivity contribution is -0.134. The number of aryl methyl sites for hydroxylation is 3. The van der Waals surface area contributed by atoms with E-state index in [0.717, 1.165) is 100 Å². The van der Waals surface area contributed by atoms with Crippen molar-refractivity contribution >= 4 is 139 Å². The van der Waals surface area contributed by atoms with Crippen LogP contribution in [0.4, 0.5) is 0 Å². The van der Waals surface area contributed by atoms with Gasteiger partial charge in [0.2, 0.25) is 0 Å². The number of hydrogen-bond donors (Lipinski definition) is 5. The predicted molar refractivity (Wildman–Crippen MR) is 521 cm³/mol. The van der Waals surface area contributed by atoms with Crippen LogP contribution in [0.15, 0.2) is 249 Å². The Labute approximate surface area is 777 Å². The highest BCUT2D eigenvalue weighted by atomic mass is 127. The van der Waals surface area contributed by atoms with Gasteiger partial charge in [-0.1, -0.05) is 212 Å². The van der Waals surface area contributed by atoms with Gasteiger partial charge in [-0.25, -0.2) is 9.59 Å². The van der Waals surface area contributed by atoms with E-state index in [1.165, 1.54) is 66.3 Å². The summed E-state index contributed by atoms with van der Waals surface area (Å²) in [6.45, 7) is 16.7. The summed E-state index contributed by atoms with van der Waals surface area (Å²) >= 11 is 38.0. The number of nitrogens with zero attached hydrogens (tertiary/aromatic N) is 3. The number of aromatic hydroxyl groups is 3. The molecule has 11 aromatic rings. The number of rotatable bonds is 14. The number of carbonyl (C=O) groups is 3. The zero-order valence-electron chi connectivity index (χ0n) is 69.0. The van der Waals surface area contributed by atoms with Crippen LogP contribution in [0.2, 0.25) is 25.1 Å². The molecule has 0 unspecified atom stereocenters. The fraction of sp³-hybridized carbons (Fsp3) is 0.263. The lowest BCUT2D eigenvalue weighted by Crippen LogP contribution is -2.14. The number of aliphatic carboxylic acids is 2. The van der Waals surface area contributed by atoms with E-state index in [2.05, 4.69) is 157 Å².